The molecular formula is C17H19N3O3. The van der Waals surface area contributed by atoms with Gasteiger partial charge in [-0.05, 0) is 30.2 Å². The number of amides is 1. The van der Waals surface area contributed by atoms with Gasteiger partial charge in [-0.25, -0.2) is 0 Å². The van der Waals surface area contributed by atoms with E-state index in [-0.39, 0.29) is 13.1 Å². The van der Waals surface area contributed by atoms with Gasteiger partial charge in [-0.3, -0.25) is 4.79 Å². The number of ether oxygens (including phenoxy) is 2. The van der Waals surface area contributed by atoms with E-state index in [9.17, 15) is 4.79 Å². The second kappa shape index (κ2) is 9.86. The summed E-state index contributed by atoms with van der Waals surface area (Å²) in [4.78, 5) is 13.1. The van der Waals surface area contributed by atoms with Gasteiger partial charge in [-0.2, -0.15) is 10.5 Å². The second-order valence-electron chi connectivity index (χ2n) is 4.60. The van der Waals surface area contributed by atoms with Gasteiger partial charge < -0.3 is 14.4 Å². The Morgan fingerprint density at radius 2 is 1.96 bits per heavy atom. The summed E-state index contributed by atoms with van der Waals surface area (Å²) >= 11 is 0. The number of benzene rings is 1. The second-order valence-corrected chi connectivity index (χ2v) is 4.60. The first-order chi connectivity index (χ1) is 11.2. The third-order valence-electron chi connectivity index (χ3n) is 2.90. The lowest BCUT2D eigenvalue weighted by molar-refractivity contribution is -0.124. The summed E-state index contributed by atoms with van der Waals surface area (Å²) in [5, 5.41) is 17.3. The smallest absolute Gasteiger partial charge is 0.248 e. The minimum atomic E-state index is -0.390. The Hall–Kier alpha value is -2.99. The molecule has 0 aliphatic carbocycles. The predicted octanol–water partition coefficient (Wildman–Crippen LogP) is 2.37. The number of nitriles is 2. The summed E-state index contributed by atoms with van der Waals surface area (Å²) < 4.78 is 10.8. The molecule has 1 rings (SSSR count). The molecule has 120 valence electrons. The van der Waals surface area contributed by atoms with Gasteiger partial charge in [0.1, 0.15) is 13.1 Å². The molecule has 0 spiro atoms. The van der Waals surface area contributed by atoms with E-state index < -0.39 is 5.91 Å². The summed E-state index contributed by atoms with van der Waals surface area (Å²) in [6.45, 7) is 2.37. The maximum Gasteiger partial charge on any atom is 0.248 e. The first-order valence-corrected chi connectivity index (χ1v) is 7.18. The van der Waals surface area contributed by atoms with Gasteiger partial charge in [0.2, 0.25) is 5.91 Å². The van der Waals surface area contributed by atoms with Crippen molar-refractivity contribution < 1.29 is 14.3 Å². The van der Waals surface area contributed by atoms with E-state index in [0.717, 1.165) is 16.9 Å². The number of carbonyl (C=O) groups is 1. The zero-order valence-electron chi connectivity index (χ0n) is 13.3. The van der Waals surface area contributed by atoms with Crippen LogP contribution >= 0.6 is 0 Å². The number of hydrogen-bond acceptors (Lipinski definition) is 5. The van der Waals surface area contributed by atoms with Crippen molar-refractivity contribution in [3.63, 3.8) is 0 Å². The fourth-order valence-electron chi connectivity index (χ4n) is 1.77. The molecule has 6 heteroatoms. The van der Waals surface area contributed by atoms with E-state index in [1.807, 2.05) is 19.1 Å². The van der Waals surface area contributed by atoms with Crippen LogP contribution in [0.3, 0.4) is 0 Å². The van der Waals surface area contributed by atoms with Gasteiger partial charge in [0.15, 0.2) is 11.5 Å². The molecule has 0 bridgehead atoms. The number of carbonyl (C=O) groups excluding carboxylic acids is 1. The zero-order chi connectivity index (χ0) is 17.1. The van der Waals surface area contributed by atoms with Crippen LogP contribution < -0.4 is 9.47 Å². The molecule has 0 saturated heterocycles. The van der Waals surface area contributed by atoms with Crippen molar-refractivity contribution in [1.29, 1.82) is 10.5 Å². The monoisotopic (exact) mass is 313 g/mol. The van der Waals surface area contributed by atoms with Crippen LogP contribution in [0.2, 0.25) is 0 Å². The molecule has 0 aromatic heterocycles. The molecule has 1 aromatic rings. The molecule has 1 aromatic carbocycles. The van der Waals surface area contributed by atoms with E-state index >= 15 is 0 Å². The maximum atomic E-state index is 11.9. The summed E-state index contributed by atoms with van der Waals surface area (Å²) in [5.41, 5.74) is 0.757. The molecular weight excluding hydrogens is 294 g/mol. The predicted molar refractivity (Wildman–Crippen MR) is 85.6 cm³/mol. The van der Waals surface area contributed by atoms with Crippen LogP contribution in [0.25, 0.3) is 6.08 Å². The lowest BCUT2D eigenvalue weighted by Crippen LogP contribution is -2.30. The van der Waals surface area contributed by atoms with Crippen LogP contribution in [0.15, 0.2) is 24.3 Å². The van der Waals surface area contributed by atoms with Crippen molar-refractivity contribution in [1.82, 2.24) is 4.90 Å². The lowest BCUT2D eigenvalue weighted by atomic mass is 10.2. The van der Waals surface area contributed by atoms with E-state index in [4.69, 9.17) is 20.0 Å². The summed E-state index contributed by atoms with van der Waals surface area (Å²) in [7, 11) is 1.55. The molecule has 0 heterocycles. The summed E-state index contributed by atoms with van der Waals surface area (Å²) in [6, 6.07) is 9.06. The first-order valence-electron chi connectivity index (χ1n) is 7.18. The van der Waals surface area contributed by atoms with Crippen LogP contribution in [-0.2, 0) is 4.79 Å². The van der Waals surface area contributed by atoms with Crippen LogP contribution in [0.1, 0.15) is 18.9 Å². The van der Waals surface area contributed by atoms with Crippen molar-refractivity contribution in [2.45, 2.75) is 13.3 Å². The van der Waals surface area contributed by atoms with Gasteiger partial charge in [-0.15, -0.1) is 0 Å². The molecule has 0 fully saturated rings. The van der Waals surface area contributed by atoms with E-state index in [1.54, 1.807) is 31.4 Å². The van der Waals surface area contributed by atoms with Crippen molar-refractivity contribution in [2.24, 2.45) is 0 Å². The van der Waals surface area contributed by atoms with E-state index in [2.05, 4.69) is 0 Å². The van der Waals surface area contributed by atoms with Crippen LogP contribution in [0, 0.1) is 22.7 Å². The van der Waals surface area contributed by atoms with Gasteiger partial charge >= 0.3 is 0 Å². The van der Waals surface area contributed by atoms with E-state index in [1.165, 1.54) is 6.08 Å². The van der Waals surface area contributed by atoms with E-state index in [0.29, 0.717) is 18.1 Å². The van der Waals surface area contributed by atoms with Crippen molar-refractivity contribution in [3.8, 4) is 23.6 Å². The Kier molecular flexibility index (Phi) is 7.74. The Balaban J connectivity index is 2.85. The van der Waals surface area contributed by atoms with Gasteiger partial charge in [-0.1, -0.05) is 13.0 Å². The third-order valence-corrected chi connectivity index (χ3v) is 2.90. The highest BCUT2D eigenvalue weighted by atomic mass is 16.5. The normalized spacial score (nSPS) is 9.91. The number of hydrogen-bond donors (Lipinski definition) is 0. The Bertz CT molecular complexity index is 625. The quantitative estimate of drug-likeness (QED) is 0.543. The molecule has 0 radical (unpaired) electrons. The number of methoxy groups -OCH3 is 1. The topological polar surface area (TPSA) is 86.4 Å². The average Bonchev–Trinajstić information content (AvgIpc) is 2.57. The van der Waals surface area contributed by atoms with Crippen LogP contribution in [0.5, 0.6) is 11.5 Å². The standard InChI is InChI=1S/C17H19N3O3/c1-3-12-23-15-6-4-14(13-16(15)22-2)5-7-17(21)20(10-8-18)11-9-19/h4-7,13H,3,10-12H2,1-2H3/b7-5+. The van der Waals surface area contributed by atoms with Crippen LogP contribution in [-0.4, -0.2) is 37.6 Å². The van der Waals surface area contributed by atoms with Crippen molar-refractivity contribution in [3.05, 3.63) is 29.8 Å². The zero-order valence-corrected chi connectivity index (χ0v) is 13.3. The molecule has 0 aliphatic rings. The summed E-state index contributed by atoms with van der Waals surface area (Å²) in [5.74, 6) is 0.839. The maximum absolute atomic E-state index is 11.9. The number of nitrogens with zero attached hydrogens (tertiary/aromatic N) is 3. The largest absolute Gasteiger partial charge is 0.493 e. The highest BCUT2D eigenvalue weighted by molar-refractivity contribution is 5.92. The molecule has 0 saturated carbocycles. The van der Waals surface area contributed by atoms with Gasteiger partial charge in [0, 0.05) is 6.08 Å². The fourth-order valence-corrected chi connectivity index (χ4v) is 1.77. The van der Waals surface area contributed by atoms with Crippen molar-refractivity contribution in [2.75, 3.05) is 26.8 Å². The summed E-state index contributed by atoms with van der Waals surface area (Å²) in [6.07, 6.45) is 3.83. The van der Waals surface area contributed by atoms with Gasteiger partial charge in [0.05, 0.1) is 25.9 Å². The molecule has 0 N–H and O–H groups in total. The molecule has 1 amide bonds. The SMILES string of the molecule is CCCOc1ccc(/C=C/C(=O)N(CC#N)CC#N)cc1OC. The Morgan fingerprint density at radius 1 is 1.26 bits per heavy atom. The molecule has 0 atom stereocenters. The Labute approximate surface area is 136 Å². The third kappa shape index (κ3) is 5.72. The minimum absolute atomic E-state index is 0.121. The molecule has 23 heavy (non-hydrogen) atoms. The van der Waals surface area contributed by atoms with Crippen molar-refractivity contribution >= 4 is 12.0 Å². The highest BCUT2D eigenvalue weighted by Crippen LogP contribution is 2.28. The Morgan fingerprint density at radius 3 is 2.52 bits per heavy atom. The molecule has 0 aliphatic heterocycles. The average molecular weight is 313 g/mol. The minimum Gasteiger partial charge on any atom is -0.493 e. The van der Waals surface area contributed by atoms with Gasteiger partial charge in [0.25, 0.3) is 0 Å². The molecule has 0 unspecified atom stereocenters. The fraction of sp³-hybridized carbons (Fsp3) is 0.353. The lowest BCUT2D eigenvalue weighted by Gasteiger charge is -2.13. The molecule has 6 nitrogen and oxygen atoms in total. The highest BCUT2D eigenvalue weighted by Gasteiger charge is 2.09. The number of rotatable bonds is 8. The first kappa shape index (κ1) is 18.1. The van der Waals surface area contributed by atoms with Crippen LogP contribution in [0.4, 0.5) is 0 Å².